The molecule has 0 fully saturated rings. The number of hydrogen-bond donors (Lipinski definition) is 0. The molecule has 0 aromatic heterocycles. The average Bonchev–Trinajstić information content (AvgIpc) is 2.19. The molecule has 13 heavy (non-hydrogen) atoms. The third-order valence-corrected chi connectivity index (χ3v) is 1.74. The van der Waals surface area contributed by atoms with Gasteiger partial charge >= 0.3 is 0 Å². The Morgan fingerprint density at radius 1 is 1.31 bits per heavy atom. The minimum Gasteiger partial charge on any atom is -0.279 e. The standard InChI is InChI=1S/C11H7OP/c1-2-13-9-8-11(12)10-6-4-3-5-7-10/h1,3-7,13H. The first-order valence-electron chi connectivity index (χ1n) is 3.65. The van der Waals surface area contributed by atoms with E-state index < -0.39 is 0 Å². The summed E-state index contributed by atoms with van der Waals surface area (Å²) >= 11 is 0. The largest absolute Gasteiger partial charge is 0.279 e. The lowest BCUT2D eigenvalue weighted by Gasteiger charge is -1.89. The second kappa shape index (κ2) is 5.15. The minimum atomic E-state index is -0.177. The van der Waals surface area contributed by atoms with Crippen LogP contribution in [0.1, 0.15) is 10.4 Å². The topological polar surface area (TPSA) is 17.1 Å². The SMILES string of the molecule is C#CPC#CC(=O)c1ccccc1. The molecule has 0 aliphatic heterocycles. The monoisotopic (exact) mass is 186 g/mol. The van der Waals surface area contributed by atoms with Gasteiger partial charge < -0.3 is 0 Å². The first kappa shape index (κ1) is 9.53. The van der Waals surface area contributed by atoms with Gasteiger partial charge in [-0.3, -0.25) is 4.79 Å². The van der Waals surface area contributed by atoms with Crippen LogP contribution in [0.4, 0.5) is 0 Å². The van der Waals surface area contributed by atoms with Crippen LogP contribution in [0, 0.1) is 23.7 Å². The van der Waals surface area contributed by atoms with Crippen LogP contribution in [0.3, 0.4) is 0 Å². The van der Waals surface area contributed by atoms with Crippen molar-refractivity contribution in [1.29, 1.82) is 0 Å². The van der Waals surface area contributed by atoms with Crippen molar-refractivity contribution < 1.29 is 4.79 Å². The van der Waals surface area contributed by atoms with E-state index in [9.17, 15) is 4.79 Å². The summed E-state index contributed by atoms with van der Waals surface area (Å²) in [5.41, 5.74) is 5.61. The lowest BCUT2D eigenvalue weighted by Crippen LogP contribution is -1.92. The molecule has 62 valence electrons. The van der Waals surface area contributed by atoms with Crippen LogP contribution < -0.4 is 0 Å². The van der Waals surface area contributed by atoms with Gasteiger partial charge in [-0.05, 0) is 5.92 Å². The molecular formula is C11H7OP. The molecule has 0 saturated heterocycles. The maximum Gasteiger partial charge on any atom is 0.236 e. The lowest BCUT2D eigenvalue weighted by atomic mass is 10.1. The Kier molecular flexibility index (Phi) is 3.77. The Morgan fingerprint density at radius 2 is 2.00 bits per heavy atom. The zero-order chi connectivity index (χ0) is 9.52. The number of carbonyl (C=O) groups is 1. The van der Waals surface area contributed by atoms with Gasteiger partial charge in [0.15, 0.2) is 0 Å². The first-order valence-corrected chi connectivity index (χ1v) is 4.65. The maximum absolute atomic E-state index is 11.3. The summed E-state index contributed by atoms with van der Waals surface area (Å²) in [6.07, 6.45) is 5.00. The van der Waals surface area contributed by atoms with Gasteiger partial charge in [-0.15, -0.1) is 6.42 Å². The first-order chi connectivity index (χ1) is 6.34. The fraction of sp³-hybridized carbons (Fsp3) is 0. The van der Waals surface area contributed by atoms with E-state index >= 15 is 0 Å². The quantitative estimate of drug-likeness (QED) is 0.373. The van der Waals surface area contributed by atoms with Gasteiger partial charge in [0.2, 0.25) is 5.78 Å². The van der Waals surface area contributed by atoms with Crippen LogP contribution in [0.5, 0.6) is 0 Å². The molecule has 1 nitrogen and oxygen atoms in total. The molecule has 1 aromatic carbocycles. The van der Waals surface area contributed by atoms with Crippen LogP contribution in [0.25, 0.3) is 0 Å². The molecule has 1 unspecified atom stereocenters. The molecular weight excluding hydrogens is 179 g/mol. The molecule has 0 bridgehead atoms. The Balaban J connectivity index is 2.73. The molecule has 0 amide bonds. The van der Waals surface area contributed by atoms with E-state index in [4.69, 9.17) is 6.42 Å². The molecule has 1 aromatic rings. The summed E-state index contributed by atoms with van der Waals surface area (Å²) in [7, 11) is 0.0984. The van der Waals surface area contributed by atoms with Crippen LogP contribution in [-0.4, -0.2) is 5.78 Å². The third kappa shape index (κ3) is 3.12. The highest BCUT2D eigenvalue weighted by molar-refractivity contribution is 7.49. The van der Waals surface area contributed by atoms with E-state index in [1.807, 2.05) is 6.07 Å². The van der Waals surface area contributed by atoms with E-state index in [1.54, 1.807) is 24.3 Å². The highest BCUT2D eigenvalue weighted by Gasteiger charge is 1.98. The summed E-state index contributed by atoms with van der Waals surface area (Å²) in [6.45, 7) is 0. The molecule has 1 atom stereocenters. The number of benzene rings is 1. The zero-order valence-corrected chi connectivity index (χ0v) is 7.87. The van der Waals surface area contributed by atoms with Crippen molar-refractivity contribution in [3.05, 3.63) is 35.9 Å². The predicted octanol–water partition coefficient (Wildman–Crippen LogP) is 2.10. The van der Waals surface area contributed by atoms with E-state index in [-0.39, 0.29) is 14.4 Å². The Bertz CT molecular complexity index is 390. The molecule has 0 radical (unpaired) electrons. The van der Waals surface area contributed by atoms with E-state index in [0.29, 0.717) is 5.56 Å². The van der Waals surface area contributed by atoms with Crippen molar-refractivity contribution in [3.63, 3.8) is 0 Å². The number of carbonyl (C=O) groups excluding carboxylic acids is 1. The van der Waals surface area contributed by atoms with Gasteiger partial charge in [0, 0.05) is 14.1 Å². The second-order valence-corrected chi connectivity index (χ2v) is 3.00. The Labute approximate surface area is 79.3 Å². The molecule has 1 rings (SSSR count). The van der Waals surface area contributed by atoms with E-state index in [2.05, 4.69) is 17.2 Å². The number of ketones is 1. The smallest absolute Gasteiger partial charge is 0.236 e. The third-order valence-electron chi connectivity index (χ3n) is 1.35. The average molecular weight is 186 g/mol. The molecule has 0 heterocycles. The molecule has 0 aliphatic rings. The fourth-order valence-electron chi connectivity index (χ4n) is 0.786. The molecule has 0 spiro atoms. The van der Waals surface area contributed by atoms with Crippen molar-refractivity contribution in [2.75, 3.05) is 0 Å². The van der Waals surface area contributed by atoms with Crippen molar-refractivity contribution in [3.8, 4) is 23.7 Å². The predicted molar refractivity (Wildman–Crippen MR) is 55.7 cm³/mol. The van der Waals surface area contributed by atoms with Crippen LogP contribution in [0.15, 0.2) is 30.3 Å². The highest BCUT2D eigenvalue weighted by atomic mass is 31.1. The minimum absolute atomic E-state index is 0.0984. The fourth-order valence-corrected chi connectivity index (χ4v) is 1.03. The maximum atomic E-state index is 11.3. The van der Waals surface area contributed by atoms with Gasteiger partial charge in [0.05, 0.1) is 0 Å². The van der Waals surface area contributed by atoms with Gasteiger partial charge in [-0.2, -0.15) is 0 Å². The summed E-state index contributed by atoms with van der Waals surface area (Å²) in [4.78, 5) is 11.3. The lowest BCUT2D eigenvalue weighted by molar-refractivity contribution is 0.105. The van der Waals surface area contributed by atoms with Crippen molar-refractivity contribution >= 4 is 14.4 Å². The number of hydrogen-bond acceptors (Lipinski definition) is 1. The van der Waals surface area contributed by atoms with E-state index in [1.165, 1.54) is 0 Å². The molecule has 0 aliphatic carbocycles. The summed E-state index contributed by atoms with van der Waals surface area (Å²) in [5, 5.41) is 0. The highest BCUT2D eigenvalue weighted by Crippen LogP contribution is 2.03. The number of Topliss-reactive ketones (excluding diaryl/α,β-unsaturated/α-hetero) is 1. The Hall–Kier alpha value is -1.56. The second-order valence-electron chi connectivity index (χ2n) is 2.21. The van der Waals surface area contributed by atoms with Gasteiger partial charge in [-0.1, -0.05) is 41.7 Å². The summed E-state index contributed by atoms with van der Waals surface area (Å²) in [6, 6.07) is 8.93. The molecule has 0 N–H and O–H groups in total. The number of terminal acetylenes is 1. The number of rotatable bonds is 1. The van der Waals surface area contributed by atoms with Crippen molar-refractivity contribution in [2.24, 2.45) is 0 Å². The van der Waals surface area contributed by atoms with Crippen LogP contribution in [-0.2, 0) is 0 Å². The summed E-state index contributed by atoms with van der Waals surface area (Å²) < 4.78 is 0. The van der Waals surface area contributed by atoms with Gasteiger partial charge in [0.1, 0.15) is 0 Å². The van der Waals surface area contributed by atoms with Gasteiger partial charge in [-0.25, -0.2) is 0 Å². The molecule has 0 saturated carbocycles. The molecule has 2 heteroatoms. The van der Waals surface area contributed by atoms with Gasteiger partial charge in [0.25, 0.3) is 0 Å². The Morgan fingerprint density at radius 3 is 2.62 bits per heavy atom. The van der Waals surface area contributed by atoms with Crippen molar-refractivity contribution in [1.82, 2.24) is 0 Å². The van der Waals surface area contributed by atoms with Crippen LogP contribution in [0.2, 0.25) is 0 Å². The zero-order valence-electron chi connectivity index (χ0n) is 6.87. The summed E-state index contributed by atoms with van der Waals surface area (Å²) in [5.74, 6) is 2.30. The van der Waals surface area contributed by atoms with E-state index in [0.717, 1.165) is 0 Å². The van der Waals surface area contributed by atoms with Crippen LogP contribution >= 0.6 is 8.58 Å². The van der Waals surface area contributed by atoms with Crippen molar-refractivity contribution in [2.45, 2.75) is 0 Å². The normalized spacial score (nSPS) is 8.85.